The molecule has 0 atom stereocenters. The predicted molar refractivity (Wildman–Crippen MR) is 86.2 cm³/mol. The fourth-order valence-electron chi connectivity index (χ4n) is 3.33. The van der Waals surface area contributed by atoms with E-state index in [0.29, 0.717) is 0 Å². The largest absolute Gasteiger partial charge is 0.358 e. The number of hydrogen-bond acceptors (Lipinski definition) is 0. The van der Waals surface area contributed by atoms with Gasteiger partial charge < -0.3 is 5.73 Å². The van der Waals surface area contributed by atoms with E-state index in [1.165, 1.54) is 37.9 Å². The molecule has 4 aromatic rings. The molecule has 0 unspecified atom stereocenters. The zero-order valence-corrected chi connectivity index (χ0v) is 11.5. The summed E-state index contributed by atoms with van der Waals surface area (Å²) in [5, 5.41) is 8.30. The summed E-state index contributed by atoms with van der Waals surface area (Å²) in [5.41, 5.74) is 5.42. The van der Waals surface area contributed by atoms with Gasteiger partial charge in [0.2, 0.25) is 0 Å². The minimum atomic E-state index is 1.00. The van der Waals surface area contributed by atoms with E-state index in [0.717, 1.165) is 19.4 Å². The van der Waals surface area contributed by atoms with E-state index < -0.39 is 0 Å². The summed E-state index contributed by atoms with van der Waals surface area (Å²) in [6, 6.07) is 20.2. The number of quaternary nitrogens is 1. The van der Waals surface area contributed by atoms with Gasteiger partial charge in [0.25, 0.3) is 0 Å². The molecule has 0 aliphatic heterocycles. The lowest BCUT2D eigenvalue weighted by molar-refractivity contribution is -0.368. The minimum absolute atomic E-state index is 1.00. The molecule has 0 aliphatic rings. The molecule has 0 amide bonds. The molecule has 0 radical (unpaired) electrons. The van der Waals surface area contributed by atoms with Gasteiger partial charge in [-0.1, -0.05) is 54.6 Å². The Morgan fingerprint density at radius 2 is 1.35 bits per heavy atom. The van der Waals surface area contributed by atoms with E-state index in [-0.39, 0.29) is 0 Å². The summed E-state index contributed by atoms with van der Waals surface area (Å²) in [4.78, 5) is 0. The minimum Gasteiger partial charge on any atom is -0.358 e. The first kappa shape index (κ1) is 11.7. The second-order valence-corrected chi connectivity index (χ2v) is 5.54. The van der Waals surface area contributed by atoms with E-state index in [4.69, 9.17) is 0 Å². The summed E-state index contributed by atoms with van der Waals surface area (Å²) in [7, 11) is 0. The lowest BCUT2D eigenvalue weighted by atomic mass is 9.91. The van der Waals surface area contributed by atoms with E-state index >= 15 is 0 Å². The van der Waals surface area contributed by atoms with Gasteiger partial charge in [-0.15, -0.1) is 0 Å². The molecule has 4 rings (SSSR count). The highest BCUT2D eigenvalue weighted by Gasteiger charge is 2.10. The van der Waals surface area contributed by atoms with Crippen LogP contribution in [0.5, 0.6) is 0 Å². The molecule has 1 nitrogen and oxygen atoms in total. The van der Waals surface area contributed by atoms with E-state index in [1.807, 2.05) is 0 Å². The standard InChI is InChI=1S/C19H17N/c20-12-2-5-13-6-7-16-9-8-14-3-1-4-15-10-11-17(13)19(16)18(14)15/h1,3-4,6-11H,2,5,12,20H2/p+1. The third-order valence-corrected chi connectivity index (χ3v) is 4.32. The normalized spacial score (nSPS) is 11.8. The first-order valence-electron chi connectivity index (χ1n) is 7.33. The van der Waals surface area contributed by atoms with E-state index in [1.54, 1.807) is 0 Å². The van der Waals surface area contributed by atoms with Crippen LogP contribution in [0.15, 0.2) is 54.6 Å². The average Bonchev–Trinajstić information content (AvgIpc) is 2.51. The van der Waals surface area contributed by atoms with Crippen molar-refractivity contribution in [1.82, 2.24) is 0 Å². The second kappa shape index (κ2) is 4.46. The van der Waals surface area contributed by atoms with Crippen molar-refractivity contribution in [3.05, 3.63) is 60.2 Å². The Hall–Kier alpha value is -2.12. The van der Waals surface area contributed by atoms with Crippen LogP contribution < -0.4 is 5.73 Å². The first-order chi connectivity index (χ1) is 9.88. The Labute approximate surface area is 118 Å². The van der Waals surface area contributed by atoms with Gasteiger partial charge in [0, 0.05) is 6.42 Å². The Balaban J connectivity index is 2.14. The zero-order valence-electron chi connectivity index (χ0n) is 11.5. The van der Waals surface area contributed by atoms with Crippen LogP contribution in [0.1, 0.15) is 12.0 Å². The number of benzene rings is 4. The van der Waals surface area contributed by atoms with Crippen LogP contribution in [0.3, 0.4) is 0 Å². The molecule has 0 aliphatic carbocycles. The van der Waals surface area contributed by atoms with Gasteiger partial charge in [-0.2, -0.15) is 0 Å². The van der Waals surface area contributed by atoms with Crippen molar-refractivity contribution in [2.45, 2.75) is 12.8 Å². The van der Waals surface area contributed by atoms with Crippen LogP contribution in [0.25, 0.3) is 32.3 Å². The van der Waals surface area contributed by atoms with Crippen LogP contribution in [-0.4, -0.2) is 6.54 Å². The van der Waals surface area contributed by atoms with Crippen molar-refractivity contribution in [3.63, 3.8) is 0 Å². The predicted octanol–water partition coefficient (Wildman–Crippen LogP) is 3.76. The van der Waals surface area contributed by atoms with E-state index in [9.17, 15) is 0 Å². The van der Waals surface area contributed by atoms with Crippen LogP contribution in [0.4, 0.5) is 0 Å². The highest BCUT2D eigenvalue weighted by atomic mass is 14.5. The van der Waals surface area contributed by atoms with Crippen LogP contribution in [-0.2, 0) is 6.42 Å². The maximum absolute atomic E-state index is 3.96. The summed E-state index contributed by atoms with van der Waals surface area (Å²) in [6.45, 7) is 1.00. The van der Waals surface area contributed by atoms with Gasteiger partial charge in [0.1, 0.15) is 0 Å². The Kier molecular flexibility index (Phi) is 2.61. The Morgan fingerprint density at radius 3 is 2.10 bits per heavy atom. The lowest BCUT2D eigenvalue weighted by Crippen LogP contribution is -2.50. The molecule has 1 heteroatoms. The Morgan fingerprint density at radius 1 is 0.700 bits per heavy atom. The second-order valence-electron chi connectivity index (χ2n) is 5.54. The number of aryl methyl sites for hydroxylation is 1. The van der Waals surface area contributed by atoms with Gasteiger partial charge >= 0.3 is 0 Å². The lowest BCUT2D eigenvalue weighted by Gasteiger charge is -2.13. The highest BCUT2D eigenvalue weighted by molar-refractivity contribution is 6.23. The quantitative estimate of drug-likeness (QED) is 0.543. The molecule has 4 aromatic carbocycles. The summed E-state index contributed by atoms with van der Waals surface area (Å²) >= 11 is 0. The van der Waals surface area contributed by atoms with Crippen molar-refractivity contribution < 1.29 is 5.73 Å². The number of rotatable bonds is 3. The SMILES string of the molecule is [NH3+]CCCc1ccc2ccc3cccc4ccc1c2c34. The van der Waals surface area contributed by atoms with Crippen molar-refractivity contribution in [1.29, 1.82) is 0 Å². The van der Waals surface area contributed by atoms with Crippen molar-refractivity contribution >= 4 is 32.3 Å². The summed E-state index contributed by atoms with van der Waals surface area (Å²) < 4.78 is 0. The summed E-state index contributed by atoms with van der Waals surface area (Å²) in [5.74, 6) is 0. The molecule has 20 heavy (non-hydrogen) atoms. The van der Waals surface area contributed by atoms with E-state index in [2.05, 4.69) is 60.3 Å². The highest BCUT2D eigenvalue weighted by Crippen LogP contribution is 2.36. The van der Waals surface area contributed by atoms with Crippen LogP contribution >= 0.6 is 0 Å². The Bertz CT molecular complexity index is 876. The molecule has 0 bridgehead atoms. The zero-order chi connectivity index (χ0) is 13.5. The molecular formula is C19H18N+. The molecule has 0 heterocycles. The maximum Gasteiger partial charge on any atom is 0.0743 e. The van der Waals surface area contributed by atoms with Crippen LogP contribution in [0.2, 0.25) is 0 Å². The smallest absolute Gasteiger partial charge is 0.0743 e. The topological polar surface area (TPSA) is 27.6 Å². The number of hydrogen-bond donors (Lipinski definition) is 1. The molecular weight excluding hydrogens is 242 g/mol. The van der Waals surface area contributed by atoms with Crippen molar-refractivity contribution in [3.8, 4) is 0 Å². The third kappa shape index (κ3) is 1.60. The fourth-order valence-corrected chi connectivity index (χ4v) is 3.33. The van der Waals surface area contributed by atoms with Gasteiger partial charge in [0.15, 0.2) is 0 Å². The molecule has 0 aromatic heterocycles. The molecule has 98 valence electrons. The van der Waals surface area contributed by atoms with Crippen molar-refractivity contribution in [2.75, 3.05) is 6.54 Å². The first-order valence-corrected chi connectivity index (χ1v) is 7.33. The monoisotopic (exact) mass is 260 g/mol. The van der Waals surface area contributed by atoms with Gasteiger partial charge in [-0.05, 0) is 44.3 Å². The molecule has 0 saturated carbocycles. The molecule has 0 fully saturated rings. The fraction of sp³-hybridized carbons (Fsp3) is 0.158. The molecule has 0 spiro atoms. The molecule has 0 saturated heterocycles. The molecule has 3 N–H and O–H groups in total. The maximum atomic E-state index is 3.96. The third-order valence-electron chi connectivity index (χ3n) is 4.32. The van der Waals surface area contributed by atoms with Gasteiger partial charge in [0.05, 0.1) is 6.54 Å². The van der Waals surface area contributed by atoms with Gasteiger partial charge in [-0.3, -0.25) is 0 Å². The van der Waals surface area contributed by atoms with Crippen molar-refractivity contribution in [2.24, 2.45) is 0 Å². The van der Waals surface area contributed by atoms with Crippen LogP contribution in [0, 0.1) is 0 Å². The summed E-state index contributed by atoms with van der Waals surface area (Å²) in [6.07, 6.45) is 2.28. The van der Waals surface area contributed by atoms with Gasteiger partial charge in [-0.25, -0.2) is 0 Å². The average molecular weight is 260 g/mol.